The van der Waals surface area contributed by atoms with Crippen LogP contribution >= 0.6 is 0 Å². The Bertz CT molecular complexity index is 145. The van der Waals surface area contributed by atoms with Gasteiger partial charge in [-0.2, -0.15) is 5.21 Å². The van der Waals surface area contributed by atoms with Crippen molar-refractivity contribution in [3.63, 3.8) is 0 Å². The molecule has 5 heteroatoms. The Morgan fingerprint density at radius 3 is 2.86 bits per heavy atom. The zero-order valence-electron chi connectivity index (χ0n) is 3.25. The van der Waals surface area contributed by atoms with Crippen LogP contribution in [0.2, 0.25) is 0 Å². The molecule has 1 aromatic rings. The van der Waals surface area contributed by atoms with Crippen molar-refractivity contribution in [3.05, 3.63) is 5.82 Å². The minimum atomic E-state index is -0.0417. The molecule has 0 aliphatic heterocycles. The molecule has 0 bridgehead atoms. The Morgan fingerprint density at radius 1 is 1.71 bits per heavy atom. The second-order valence-electron chi connectivity index (χ2n) is 0.837. The summed E-state index contributed by atoms with van der Waals surface area (Å²) in [7, 11) is 0. The maximum atomic E-state index is 9.56. The molecule has 0 aliphatic rings. The van der Waals surface area contributed by atoms with Crippen LogP contribution in [0.5, 0.6) is 0 Å². The van der Waals surface area contributed by atoms with Crippen LogP contribution in [0.25, 0.3) is 0 Å². The summed E-state index contributed by atoms with van der Waals surface area (Å²) < 4.78 is 0. The van der Waals surface area contributed by atoms with Crippen molar-refractivity contribution in [1.29, 1.82) is 0 Å². The highest BCUT2D eigenvalue weighted by atomic mass is 16.1. The fraction of sp³-hybridized carbons (Fsp3) is 0. The van der Waals surface area contributed by atoms with Gasteiger partial charge in [0.1, 0.15) is 0 Å². The predicted molar refractivity (Wildman–Crippen MR) is 19.0 cm³/mol. The van der Waals surface area contributed by atoms with Gasteiger partial charge in [-0.25, -0.2) is 0 Å². The average Bonchev–Trinajstić information content (AvgIpc) is 2.14. The van der Waals surface area contributed by atoms with Crippen LogP contribution in [-0.2, 0) is 4.79 Å². The molecule has 0 aliphatic carbocycles. The van der Waals surface area contributed by atoms with E-state index in [2.05, 4.69) is 20.6 Å². The molecule has 0 saturated heterocycles. The number of hydrogen-bond donors (Lipinski definition) is 1. The summed E-state index contributed by atoms with van der Waals surface area (Å²) >= 11 is 0. The van der Waals surface area contributed by atoms with Crippen LogP contribution in [-0.4, -0.2) is 26.9 Å². The molecule has 7 heavy (non-hydrogen) atoms. The first kappa shape index (κ1) is 3.91. The standard InChI is InChI=1S/C2HN4O/c7-1-2-3-5-6-4-2/h(H,3,4,5,6). The average molecular weight is 97.1 g/mol. The predicted octanol–water partition coefficient (Wildman–Crippen LogP) is -1.34. The van der Waals surface area contributed by atoms with Crippen molar-refractivity contribution in [1.82, 2.24) is 20.6 Å². The molecule has 0 unspecified atom stereocenters. The minimum absolute atomic E-state index is 0.0417. The van der Waals surface area contributed by atoms with Crippen molar-refractivity contribution in [2.45, 2.75) is 0 Å². The van der Waals surface area contributed by atoms with E-state index >= 15 is 0 Å². The van der Waals surface area contributed by atoms with E-state index in [1.165, 1.54) is 6.29 Å². The van der Waals surface area contributed by atoms with Crippen LogP contribution in [0.15, 0.2) is 0 Å². The largest absolute Gasteiger partial charge is 0.281 e. The topological polar surface area (TPSA) is 71.5 Å². The van der Waals surface area contributed by atoms with E-state index in [0.717, 1.165) is 0 Å². The van der Waals surface area contributed by atoms with E-state index < -0.39 is 0 Å². The van der Waals surface area contributed by atoms with Crippen molar-refractivity contribution < 1.29 is 4.79 Å². The highest BCUT2D eigenvalue weighted by Crippen LogP contribution is 1.67. The van der Waals surface area contributed by atoms with Crippen molar-refractivity contribution in [2.24, 2.45) is 0 Å². The second kappa shape index (κ2) is 1.46. The number of nitrogens with zero attached hydrogens (tertiary/aromatic N) is 3. The van der Waals surface area contributed by atoms with Crippen molar-refractivity contribution in [3.8, 4) is 0 Å². The molecule has 0 saturated carbocycles. The van der Waals surface area contributed by atoms with Gasteiger partial charge in [0.15, 0.2) is 0 Å². The number of tetrazole rings is 1. The number of hydrogen-bond acceptors (Lipinski definition) is 4. The Kier molecular flexibility index (Phi) is 0.816. The van der Waals surface area contributed by atoms with E-state index in [-0.39, 0.29) is 5.82 Å². The number of aromatic nitrogens is 4. The Hall–Kier alpha value is -1.26. The molecule has 1 aromatic heterocycles. The highest BCUT2D eigenvalue weighted by Gasteiger charge is 1.89. The third-order valence-corrected chi connectivity index (χ3v) is 0.437. The highest BCUT2D eigenvalue weighted by molar-refractivity contribution is 5.68. The number of aromatic amines is 1. The quantitative estimate of drug-likeness (QED) is 0.470. The van der Waals surface area contributed by atoms with Crippen LogP contribution in [0.4, 0.5) is 0 Å². The van der Waals surface area contributed by atoms with Gasteiger partial charge in [-0.1, -0.05) is 0 Å². The van der Waals surface area contributed by atoms with Gasteiger partial charge in [-0.05, 0) is 5.21 Å². The van der Waals surface area contributed by atoms with Gasteiger partial charge in [0.2, 0.25) is 5.82 Å². The molecule has 0 spiro atoms. The Morgan fingerprint density at radius 2 is 2.57 bits per heavy atom. The zero-order chi connectivity index (χ0) is 5.11. The van der Waals surface area contributed by atoms with Gasteiger partial charge in [-0.3, -0.25) is 4.79 Å². The molecule has 1 N–H and O–H groups in total. The lowest BCUT2D eigenvalue weighted by atomic mass is 10.7. The summed E-state index contributed by atoms with van der Waals surface area (Å²) in [6.45, 7) is 0. The zero-order valence-corrected chi connectivity index (χ0v) is 3.25. The van der Waals surface area contributed by atoms with Gasteiger partial charge in [0.05, 0.1) is 0 Å². The molecule has 0 aromatic carbocycles. The first-order valence-corrected chi connectivity index (χ1v) is 1.55. The number of rotatable bonds is 1. The van der Waals surface area contributed by atoms with Crippen LogP contribution in [0, 0.1) is 0 Å². The fourth-order valence-corrected chi connectivity index (χ4v) is 0.205. The monoisotopic (exact) mass is 97.0 g/mol. The maximum Gasteiger partial charge on any atom is 0.277 e. The van der Waals surface area contributed by atoms with E-state index in [9.17, 15) is 4.79 Å². The van der Waals surface area contributed by atoms with Gasteiger partial charge >= 0.3 is 0 Å². The van der Waals surface area contributed by atoms with Crippen molar-refractivity contribution >= 4 is 6.29 Å². The van der Waals surface area contributed by atoms with E-state index in [0.29, 0.717) is 0 Å². The van der Waals surface area contributed by atoms with E-state index in [1.807, 2.05) is 0 Å². The molecular weight excluding hydrogens is 96.0 g/mol. The summed E-state index contributed by atoms with van der Waals surface area (Å²) in [6.07, 6.45) is 1.44. The Balaban J connectivity index is 2.96. The Labute approximate surface area is 38.7 Å². The summed E-state index contributed by atoms with van der Waals surface area (Å²) in [5, 5.41) is 11.7. The molecule has 1 rings (SSSR count). The third kappa shape index (κ3) is 0.594. The summed E-state index contributed by atoms with van der Waals surface area (Å²) in [4.78, 5) is 9.56. The lowest BCUT2D eigenvalue weighted by Gasteiger charge is -1.58. The smallest absolute Gasteiger partial charge is 0.277 e. The lowest BCUT2D eigenvalue weighted by Crippen LogP contribution is -1.80. The summed E-state index contributed by atoms with van der Waals surface area (Å²) in [5.74, 6) is -0.0417. The SMILES string of the molecule is O=[C]c1nn[nH]n1. The minimum Gasteiger partial charge on any atom is -0.281 e. The first-order chi connectivity index (χ1) is 3.43. The lowest BCUT2D eigenvalue weighted by molar-refractivity contribution is 0.560. The van der Waals surface area contributed by atoms with Gasteiger partial charge in [0.25, 0.3) is 6.29 Å². The molecule has 5 nitrogen and oxygen atoms in total. The second-order valence-corrected chi connectivity index (χ2v) is 0.837. The van der Waals surface area contributed by atoms with Gasteiger partial charge < -0.3 is 0 Å². The van der Waals surface area contributed by atoms with Gasteiger partial charge in [-0.15, -0.1) is 10.2 Å². The molecular formula is C2HN4O. The summed E-state index contributed by atoms with van der Waals surface area (Å²) in [6, 6.07) is 0. The normalized spacial score (nSPS) is 8.57. The van der Waals surface area contributed by atoms with Crippen LogP contribution in [0.3, 0.4) is 0 Å². The number of carbonyl (C=O) groups excluding carboxylic acids is 1. The van der Waals surface area contributed by atoms with Crippen molar-refractivity contribution in [2.75, 3.05) is 0 Å². The molecule has 1 radical (unpaired) electrons. The molecule has 0 fully saturated rings. The first-order valence-electron chi connectivity index (χ1n) is 1.55. The number of nitrogens with one attached hydrogen (secondary N) is 1. The van der Waals surface area contributed by atoms with E-state index in [4.69, 9.17) is 0 Å². The fourth-order valence-electron chi connectivity index (χ4n) is 0.205. The molecule has 0 amide bonds. The van der Waals surface area contributed by atoms with Crippen LogP contribution in [0.1, 0.15) is 5.82 Å². The van der Waals surface area contributed by atoms with Gasteiger partial charge in [0, 0.05) is 0 Å². The number of H-pyrrole nitrogens is 1. The molecule has 35 valence electrons. The molecule has 1 heterocycles. The van der Waals surface area contributed by atoms with Crippen LogP contribution < -0.4 is 0 Å². The van der Waals surface area contributed by atoms with E-state index in [1.54, 1.807) is 0 Å². The summed E-state index contributed by atoms with van der Waals surface area (Å²) in [5.41, 5.74) is 0. The third-order valence-electron chi connectivity index (χ3n) is 0.437. The maximum absolute atomic E-state index is 9.56. The molecule has 0 atom stereocenters.